The van der Waals surface area contributed by atoms with Crippen LogP contribution in [0.1, 0.15) is 10.6 Å². The van der Waals surface area contributed by atoms with E-state index in [1.807, 2.05) is 4.98 Å². The topological polar surface area (TPSA) is 76.0 Å². The van der Waals surface area contributed by atoms with Gasteiger partial charge in [0.05, 0.1) is 0 Å². The number of hydrogen-bond acceptors (Lipinski definition) is 4. The number of aromatic amines is 1. The number of nitrogens with one attached hydrogen (secondary N) is 1. The number of carbonyl (C=O) groups is 1. The summed E-state index contributed by atoms with van der Waals surface area (Å²) in [5.41, 5.74) is 0. The molecule has 0 fully saturated rings. The summed E-state index contributed by atoms with van der Waals surface area (Å²) in [6.45, 7) is 0. The molecule has 5 nitrogen and oxygen atoms in total. The van der Waals surface area contributed by atoms with Crippen LogP contribution in [0.25, 0.3) is 0 Å². The number of rotatable bonds is 1. The van der Waals surface area contributed by atoms with E-state index in [1.54, 1.807) is 0 Å². The van der Waals surface area contributed by atoms with E-state index in [4.69, 9.17) is 11.6 Å². The molecular formula is C3HClN2O3. The molecule has 0 spiro atoms. The zero-order valence-corrected chi connectivity index (χ0v) is 4.81. The van der Waals surface area contributed by atoms with Crippen LogP contribution in [0.5, 0.6) is 0 Å². The second-order valence-electron chi connectivity index (χ2n) is 1.22. The summed E-state index contributed by atoms with van der Waals surface area (Å²) in [6, 6.07) is 0. The van der Waals surface area contributed by atoms with Crippen molar-refractivity contribution in [1.29, 1.82) is 0 Å². The maximum absolute atomic E-state index is 10.1. The Morgan fingerprint density at radius 3 is 2.67 bits per heavy atom. The predicted molar refractivity (Wildman–Crippen MR) is 27.3 cm³/mol. The molecule has 48 valence electrons. The van der Waals surface area contributed by atoms with E-state index < -0.39 is 11.0 Å². The van der Waals surface area contributed by atoms with E-state index in [-0.39, 0.29) is 5.82 Å². The molecule has 1 rings (SSSR count). The van der Waals surface area contributed by atoms with Crippen molar-refractivity contribution in [3.63, 3.8) is 0 Å². The van der Waals surface area contributed by atoms with E-state index >= 15 is 0 Å². The van der Waals surface area contributed by atoms with Gasteiger partial charge >= 0.3 is 5.76 Å². The van der Waals surface area contributed by atoms with E-state index in [1.165, 1.54) is 0 Å². The Hall–Kier alpha value is -1.10. The van der Waals surface area contributed by atoms with Gasteiger partial charge in [-0.05, 0) is 11.6 Å². The van der Waals surface area contributed by atoms with Crippen LogP contribution in [0.4, 0.5) is 0 Å². The molecule has 6 heteroatoms. The molecule has 0 aliphatic carbocycles. The number of carbonyl (C=O) groups excluding carboxylic acids is 1. The smallest absolute Gasteiger partial charge is 0.295 e. The molecule has 0 bridgehead atoms. The van der Waals surface area contributed by atoms with Gasteiger partial charge in [-0.25, -0.2) is 4.79 Å². The SMILES string of the molecule is O=C(Cl)c1noc(=O)[nH]1. The van der Waals surface area contributed by atoms with Crippen LogP contribution in [-0.2, 0) is 0 Å². The second kappa shape index (κ2) is 2.02. The Morgan fingerprint density at radius 2 is 2.44 bits per heavy atom. The predicted octanol–water partition coefficient (Wildman–Crippen LogP) is -0.258. The molecule has 0 amide bonds. The highest BCUT2D eigenvalue weighted by atomic mass is 35.5. The Morgan fingerprint density at radius 1 is 1.78 bits per heavy atom. The summed E-state index contributed by atoms with van der Waals surface area (Å²) >= 11 is 4.88. The van der Waals surface area contributed by atoms with Crippen molar-refractivity contribution in [2.24, 2.45) is 0 Å². The minimum absolute atomic E-state index is 0.276. The Balaban J connectivity index is 3.12. The van der Waals surface area contributed by atoms with Crippen molar-refractivity contribution >= 4 is 16.8 Å². The van der Waals surface area contributed by atoms with Crippen LogP contribution < -0.4 is 5.76 Å². The lowest BCUT2D eigenvalue weighted by Gasteiger charge is -1.72. The molecule has 1 heterocycles. The van der Waals surface area contributed by atoms with Crippen molar-refractivity contribution in [1.82, 2.24) is 10.1 Å². The third-order valence-electron chi connectivity index (χ3n) is 0.626. The number of H-pyrrole nitrogens is 1. The number of hydrogen-bond donors (Lipinski definition) is 1. The lowest BCUT2D eigenvalue weighted by molar-refractivity contribution is 0.107. The normalized spacial score (nSPS) is 9.44. The molecule has 1 aromatic heterocycles. The van der Waals surface area contributed by atoms with Crippen LogP contribution in [0.15, 0.2) is 9.32 Å². The van der Waals surface area contributed by atoms with Gasteiger partial charge in [0.15, 0.2) is 0 Å². The minimum Gasteiger partial charge on any atom is -0.295 e. The van der Waals surface area contributed by atoms with E-state index in [0.717, 1.165) is 0 Å². The van der Waals surface area contributed by atoms with Gasteiger partial charge in [-0.1, -0.05) is 5.16 Å². The fourth-order valence-electron chi connectivity index (χ4n) is 0.314. The fourth-order valence-corrected chi connectivity index (χ4v) is 0.396. The summed E-state index contributed by atoms with van der Waals surface area (Å²) in [7, 11) is 0. The summed E-state index contributed by atoms with van der Waals surface area (Å²) in [4.78, 5) is 22.2. The molecule has 0 aromatic carbocycles. The maximum Gasteiger partial charge on any atom is 0.439 e. The lowest BCUT2D eigenvalue weighted by atomic mass is 10.7. The van der Waals surface area contributed by atoms with Crippen LogP contribution in [-0.4, -0.2) is 15.4 Å². The highest BCUT2D eigenvalue weighted by molar-refractivity contribution is 6.67. The van der Waals surface area contributed by atoms with Gasteiger partial charge in [0.25, 0.3) is 5.24 Å². The molecule has 0 unspecified atom stereocenters. The zero-order valence-electron chi connectivity index (χ0n) is 4.05. The summed E-state index contributed by atoms with van der Waals surface area (Å²) < 4.78 is 3.96. The van der Waals surface area contributed by atoms with E-state index in [9.17, 15) is 9.59 Å². The average Bonchev–Trinajstić information content (AvgIpc) is 2.14. The third kappa shape index (κ3) is 1.17. The average molecular weight is 149 g/mol. The van der Waals surface area contributed by atoms with Crippen molar-refractivity contribution in [2.45, 2.75) is 0 Å². The first-order valence-electron chi connectivity index (χ1n) is 1.96. The third-order valence-corrected chi connectivity index (χ3v) is 0.805. The van der Waals surface area contributed by atoms with Gasteiger partial charge in [0, 0.05) is 0 Å². The molecule has 0 radical (unpaired) electrons. The number of nitrogens with zero attached hydrogens (tertiary/aromatic N) is 1. The van der Waals surface area contributed by atoms with Crippen LogP contribution in [0, 0.1) is 0 Å². The first-order valence-corrected chi connectivity index (χ1v) is 2.34. The molecule has 1 aromatic rings. The monoisotopic (exact) mass is 148 g/mol. The molecule has 0 saturated heterocycles. The zero-order chi connectivity index (χ0) is 6.85. The van der Waals surface area contributed by atoms with Gasteiger partial charge in [0.2, 0.25) is 5.82 Å². The van der Waals surface area contributed by atoms with Crippen molar-refractivity contribution in [3.05, 3.63) is 16.4 Å². The van der Waals surface area contributed by atoms with Crippen LogP contribution in [0.2, 0.25) is 0 Å². The number of aromatic nitrogens is 2. The molecule has 0 aliphatic rings. The Labute approximate surface area is 53.6 Å². The number of halogens is 1. The Kier molecular flexibility index (Phi) is 1.35. The van der Waals surface area contributed by atoms with Gasteiger partial charge in [-0.15, -0.1) is 0 Å². The van der Waals surface area contributed by atoms with Crippen molar-refractivity contribution in [2.75, 3.05) is 0 Å². The summed E-state index contributed by atoms with van der Waals surface area (Å²) in [6.07, 6.45) is 0. The first-order chi connectivity index (χ1) is 4.20. The standard InChI is InChI=1S/C3HClN2O3/c4-1(7)2-5-3(8)9-6-2/h(H,5,6,8). The molecule has 0 atom stereocenters. The molecule has 9 heavy (non-hydrogen) atoms. The molecule has 0 aliphatic heterocycles. The van der Waals surface area contributed by atoms with Crippen molar-refractivity contribution < 1.29 is 9.32 Å². The highest BCUT2D eigenvalue weighted by Crippen LogP contribution is 1.89. The van der Waals surface area contributed by atoms with Crippen LogP contribution in [0.3, 0.4) is 0 Å². The summed E-state index contributed by atoms with van der Waals surface area (Å²) in [5.74, 6) is -1.07. The lowest BCUT2D eigenvalue weighted by Crippen LogP contribution is -1.98. The minimum atomic E-state index is -0.846. The van der Waals surface area contributed by atoms with E-state index in [0.29, 0.717) is 0 Å². The van der Waals surface area contributed by atoms with Crippen LogP contribution >= 0.6 is 11.6 Å². The van der Waals surface area contributed by atoms with Gasteiger partial charge in [-0.3, -0.25) is 14.3 Å². The largest absolute Gasteiger partial charge is 0.439 e. The van der Waals surface area contributed by atoms with Gasteiger partial charge < -0.3 is 0 Å². The maximum atomic E-state index is 10.1. The van der Waals surface area contributed by atoms with Crippen molar-refractivity contribution in [3.8, 4) is 0 Å². The second-order valence-corrected chi connectivity index (χ2v) is 1.56. The Bertz CT molecular complexity index is 275. The molecular weight excluding hydrogens is 147 g/mol. The molecule has 1 N–H and O–H groups in total. The highest BCUT2D eigenvalue weighted by Gasteiger charge is 2.06. The van der Waals surface area contributed by atoms with E-state index in [2.05, 4.69) is 9.68 Å². The first kappa shape index (κ1) is 6.03. The fraction of sp³-hybridized carbons (Fsp3) is 0. The van der Waals surface area contributed by atoms with Gasteiger partial charge in [-0.2, -0.15) is 0 Å². The summed E-state index contributed by atoms with van der Waals surface area (Å²) in [5, 5.41) is 2.14. The molecule has 0 saturated carbocycles. The van der Waals surface area contributed by atoms with Gasteiger partial charge in [0.1, 0.15) is 0 Å². The quantitative estimate of drug-likeness (QED) is 0.557.